The molecular weight excluding hydrogens is 250 g/mol. The fraction of sp³-hybridized carbons (Fsp3) is 0.235. The summed E-state index contributed by atoms with van der Waals surface area (Å²) in [4.78, 5) is 0. The van der Waals surface area contributed by atoms with E-state index in [1.165, 1.54) is 11.1 Å². The third-order valence-corrected chi connectivity index (χ3v) is 3.83. The minimum Gasteiger partial charge on any atom is -0.492 e. The van der Waals surface area contributed by atoms with Crippen molar-refractivity contribution in [1.29, 1.82) is 0 Å². The highest BCUT2D eigenvalue weighted by Crippen LogP contribution is 2.35. The molecule has 3 nitrogen and oxygen atoms in total. The maximum absolute atomic E-state index is 8.91. The maximum atomic E-state index is 8.91. The summed E-state index contributed by atoms with van der Waals surface area (Å²) < 4.78 is 5.93. The van der Waals surface area contributed by atoms with Crippen LogP contribution in [0.2, 0.25) is 0 Å². The van der Waals surface area contributed by atoms with Crippen LogP contribution in [0.15, 0.2) is 53.7 Å². The Labute approximate surface area is 118 Å². The molecule has 0 amide bonds. The lowest BCUT2D eigenvalue weighted by Crippen LogP contribution is -2.23. The van der Waals surface area contributed by atoms with Crippen molar-refractivity contribution < 1.29 is 9.94 Å². The molecule has 0 heterocycles. The van der Waals surface area contributed by atoms with E-state index in [0.29, 0.717) is 18.2 Å². The minimum absolute atomic E-state index is 0.464. The smallest absolute Gasteiger partial charge is 0.128 e. The van der Waals surface area contributed by atoms with Crippen molar-refractivity contribution in [3.05, 3.63) is 65.2 Å². The summed E-state index contributed by atoms with van der Waals surface area (Å²) in [5.74, 6) is 1.23. The van der Waals surface area contributed by atoms with Crippen molar-refractivity contribution in [2.75, 3.05) is 6.61 Å². The van der Waals surface area contributed by atoms with E-state index in [1.807, 2.05) is 24.3 Å². The van der Waals surface area contributed by atoms with Crippen LogP contribution >= 0.6 is 0 Å². The summed E-state index contributed by atoms with van der Waals surface area (Å²) in [6, 6.07) is 16.1. The van der Waals surface area contributed by atoms with Gasteiger partial charge in [0.15, 0.2) is 0 Å². The van der Waals surface area contributed by atoms with Gasteiger partial charge in [-0.2, -0.15) is 0 Å². The Kier molecular flexibility index (Phi) is 3.42. The van der Waals surface area contributed by atoms with Crippen LogP contribution in [0.1, 0.15) is 29.5 Å². The van der Waals surface area contributed by atoms with E-state index in [2.05, 4.69) is 29.4 Å². The number of benzene rings is 2. The monoisotopic (exact) mass is 267 g/mol. The normalized spacial score (nSPS) is 17.2. The molecule has 1 atom stereocenters. The van der Waals surface area contributed by atoms with Gasteiger partial charge in [0.1, 0.15) is 5.75 Å². The lowest BCUT2D eigenvalue weighted by molar-refractivity contribution is 0.274. The number of oxime groups is 1. The van der Waals surface area contributed by atoms with Crippen LogP contribution in [0.5, 0.6) is 5.75 Å². The summed E-state index contributed by atoms with van der Waals surface area (Å²) in [6.07, 6.45) is 1.07. The number of ether oxygens (including phenoxy) is 1. The van der Waals surface area contributed by atoms with Gasteiger partial charge >= 0.3 is 0 Å². The van der Waals surface area contributed by atoms with Gasteiger partial charge in [-0.05, 0) is 36.6 Å². The van der Waals surface area contributed by atoms with Gasteiger partial charge in [-0.25, -0.2) is 0 Å². The summed E-state index contributed by atoms with van der Waals surface area (Å²) in [6.45, 7) is 2.42. The molecule has 2 aromatic carbocycles. The van der Waals surface area contributed by atoms with E-state index in [9.17, 15) is 0 Å². The first-order valence-electron chi connectivity index (χ1n) is 6.78. The third kappa shape index (κ3) is 2.27. The predicted molar refractivity (Wildman–Crippen MR) is 78.8 cm³/mol. The number of nitrogens with zero attached hydrogens (tertiary/aromatic N) is 1. The number of rotatable bonds is 4. The Hall–Kier alpha value is -2.29. The molecule has 3 heteroatoms. The van der Waals surface area contributed by atoms with Gasteiger partial charge in [0.2, 0.25) is 0 Å². The zero-order valence-corrected chi connectivity index (χ0v) is 11.4. The van der Waals surface area contributed by atoms with Crippen LogP contribution in [0, 0.1) is 0 Å². The van der Waals surface area contributed by atoms with E-state index in [1.54, 1.807) is 6.92 Å². The summed E-state index contributed by atoms with van der Waals surface area (Å²) >= 11 is 0. The van der Waals surface area contributed by atoms with Gasteiger partial charge in [-0.15, -0.1) is 0 Å². The topological polar surface area (TPSA) is 41.8 Å². The van der Waals surface area contributed by atoms with Gasteiger partial charge in [-0.1, -0.05) is 41.6 Å². The first kappa shape index (κ1) is 12.7. The molecule has 0 saturated heterocycles. The van der Waals surface area contributed by atoms with Gasteiger partial charge in [0, 0.05) is 11.5 Å². The number of fused-ring (bicyclic) bond motifs is 1. The molecule has 2 aromatic rings. The van der Waals surface area contributed by atoms with Gasteiger partial charge in [0.25, 0.3) is 0 Å². The van der Waals surface area contributed by atoms with Crippen LogP contribution in [-0.4, -0.2) is 17.5 Å². The molecule has 0 aliphatic heterocycles. The summed E-state index contributed by atoms with van der Waals surface area (Å²) in [5, 5.41) is 12.2. The van der Waals surface area contributed by atoms with E-state index >= 15 is 0 Å². The van der Waals surface area contributed by atoms with Crippen molar-refractivity contribution in [3.8, 4) is 5.75 Å². The fourth-order valence-corrected chi connectivity index (χ4v) is 2.65. The molecule has 0 bridgehead atoms. The fourth-order valence-electron chi connectivity index (χ4n) is 2.65. The lowest BCUT2D eigenvalue weighted by Gasteiger charge is -2.30. The van der Waals surface area contributed by atoms with Crippen molar-refractivity contribution >= 4 is 5.71 Å². The Morgan fingerprint density at radius 3 is 2.75 bits per heavy atom. The molecule has 0 radical (unpaired) electrons. The highest BCUT2D eigenvalue weighted by Gasteiger charge is 2.26. The van der Waals surface area contributed by atoms with Crippen molar-refractivity contribution in [2.45, 2.75) is 19.3 Å². The third-order valence-electron chi connectivity index (χ3n) is 3.83. The Balaban J connectivity index is 1.72. The standard InChI is InChI=1S/C17H17NO2/c1-12(18-19)15-7-4-5-9-17(15)20-11-14-10-13-6-2-3-8-16(13)14/h2-9,14,19H,10-11H2,1H3. The van der Waals surface area contributed by atoms with E-state index in [-0.39, 0.29) is 0 Å². The zero-order valence-electron chi connectivity index (χ0n) is 11.4. The molecule has 20 heavy (non-hydrogen) atoms. The highest BCUT2D eigenvalue weighted by atomic mass is 16.5. The Bertz CT molecular complexity index is 649. The van der Waals surface area contributed by atoms with Crippen molar-refractivity contribution in [1.82, 2.24) is 0 Å². The Morgan fingerprint density at radius 1 is 1.20 bits per heavy atom. The first-order chi connectivity index (χ1) is 9.79. The average Bonchev–Trinajstić information content (AvgIpc) is 2.48. The zero-order chi connectivity index (χ0) is 13.9. The number of hydrogen-bond donors (Lipinski definition) is 1. The average molecular weight is 267 g/mol. The van der Waals surface area contributed by atoms with E-state index in [0.717, 1.165) is 17.7 Å². The maximum Gasteiger partial charge on any atom is 0.128 e. The van der Waals surface area contributed by atoms with Crippen LogP contribution in [0.4, 0.5) is 0 Å². The molecule has 0 spiro atoms. The summed E-state index contributed by atoms with van der Waals surface area (Å²) in [5.41, 5.74) is 4.21. The second-order valence-electron chi connectivity index (χ2n) is 5.09. The van der Waals surface area contributed by atoms with E-state index in [4.69, 9.17) is 9.94 Å². The molecule has 0 fully saturated rings. The molecule has 1 aliphatic carbocycles. The van der Waals surface area contributed by atoms with Gasteiger partial charge in [-0.3, -0.25) is 0 Å². The molecule has 0 aromatic heterocycles. The molecule has 1 unspecified atom stereocenters. The molecule has 1 aliphatic rings. The quantitative estimate of drug-likeness (QED) is 0.522. The second-order valence-corrected chi connectivity index (χ2v) is 5.09. The van der Waals surface area contributed by atoms with Crippen LogP contribution in [0.3, 0.4) is 0 Å². The van der Waals surface area contributed by atoms with Crippen LogP contribution in [0.25, 0.3) is 0 Å². The van der Waals surface area contributed by atoms with Gasteiger partial charge in [0.05, 0.1) is 12.3 Å². The highest BCUT2D eigenvalue weighted by molar-refractivity contribution is 6.00. The van der Waals surface area contributed by atoms with Crippen molar-refractivity contribution in [3.63, 3.8) is 0 Å². The molecule has 1 N–H and O–H groups in total. The minimum atomic E-state index is 0.464. The Morgan fingerprint density at radius 2 is 1.95 bits per heavy atom. The molecule has 102 valence electrons. The number of hydrogen-bond acceptors (Lipinski definition) is 3. The van der Waals surface area contributed by atoms with Gasteiger partial charge < -0.3 is 9.94 Å². The lowest BCUT2D eigenvalue weighted by atomic mass is 9.78. The molecular formula is C17H17NO2. The first-order valence-corrected chi connectivity index (χ1v) is 6.78. The number of para-hydroxylation sites is 1. The largest absolute Gasteiger partial charge is 0.492 e. The molecule has 0 saturated carbocycles. The van der Waals surface area contributed by atoms with Crippen LogP contribution in [-0.2, 0) is 6.42 Å². The SMILES string of the molecule is CC(=NO)c1ccccc1OCC1Cc2ccccc21. The molecule has 3 rings (SSSR count). The van der Waals surface area contributed by atoms with Crippen molar-refractivity contribution in [2.24, 2.45) is 5.16 Å². The van der Waals surface area contributed by atoms with E-state index < -0.39 is 0 Å². The van der Waals surface area contributed by atoms with Crippen LogP contribution < -0.4 is 4.74 Å². The predicted octanol–water partition coefficient (Wildman–Crippen LogP) is 3.60. The second kappa shape index (κ2) is 5.37. The summed E-state index contributed by atoms with van der Waals surface area (Å²) in [7, 11) is 0.